The summed E-state index contributed by atoms with van der Waals surface area (Å²) in [7, 11) is 0. The molecule has 0 bridgehead atoms. The molecule has 0 aliphatic rings. The number of hydrogen-bond donors (Lipinski definition) is 2. The number of aromatic nitrogens is 2. The molecule has 0 unspecified atom stereocenters. The third kappa shape index (κ3) is 6.58. The van der Waals surface area contributed by atoms with Crippen LogP contribution in [0.2, 0.25) is 5.02 Å². The third-order valence-corrected chi connectivity index (χ3v) is 5.48. The molecule has 0 atom stereocenters. The van der Waals surface area contributed by atoms with E-state index < -0.39 is 0 Å². The van der Waals surface area contributed by atoms with Gasteiger partial charge in [-0.2, -0.15) is 5.10 Å². The van der Waals surface area contributed by atoms with Crippen molar-refractivity contribution in [3.8, 4) is 5.75 Å². The summed E-state index contributed by atoms with van der Waals surface area (Å²) in [5.74, 6) is 0.887. The number of carbonyl (C=O) groups excluding carboxylic acids is 1. The molecule has 7 nitrogen and oxygen atoms in total. The zero-order chi connectivity index (χ0) is 23.8. The number of nitrogens with one attached hydrogen (secondary N) is 2. The van der Waals surface area contributed by atoms with Gasteiger partial charge in [0.15, 0.2) is 0 Å². The second-order valence-corrected chi connectivity index (χ2v) is 7.93. The summed E-state index contributed by atoms with van der Waals surface area (Å²) in [6, 6.07) is 14.2. The third-order valence-electron chi connectivity index (χ3n) is 5.23. The van der Waals surface area contributed by atoms with Gasteiger partial charge in [-0.25, -0.2) is 0 Å². The van der Waals surface area contributed by atoms with Gasteiger partial charge in [0.25, 0.3) is 5.91 Å². The standard InChI is InChI=1S/C25H30ClN5O2/c1-5-31-18(4)23(17(3)30-31)15-16-27-25(28-21-11-13-22(14-12-21)33-6-2)29-24(32)19-7-9-20(26)10-8-19/h7-14H,5-6,15-16H2,1-4H3,(H2,27,28,29,32). The van der Waals surface area contributed by atoms with Crippen molar-refractivity contribution in [2.24, 2.45) is 4.99 Å². The molecular weight excluding hydrogens is 438 g/mol. The highest BCUT2D eigenvalue weighted by Gasteiger charge is 2.12. The first kappa shape index (κ1) is 24.3. The van der Waals surface area contributed by atoms with E-state index in [2.05, 4.69) is 34.6 Å². The topological polar surface area (TPSA) is 80.5 Å². The summed E-state index contributed by atoms with van der Waals surface area (Å²) in [4.78, 5) is 17.4. The van der Waals surface area contributed by atoms with Crippen molar-refractivity contribution in [2.75, 3.05) is 18.5 Å². The van der Waals surface area contributed by atoms with Crippen LogP contribution < -0.4 is 15.4 Å². The van der Waals surface area contributed by atoms with E-state index in [1.807, 2.05) is 42.8 Å². The lowest BCUT2D eigenvalue weighted by Crippen LogP contribution is -2.36. The Balaban J connectivity index is 1.77. The molecule has 1 amide bonds. The molecule has 0 radical (unpaired) electrons. The van der Waals surface area contributed by atoms with E-state index in [-0.39, 0.29) is 5.91 Å². The molecule has 174 valence electrons. The van der Waals surface area contributed by atoms with Gasteiger partial charge in [-0.15, -0.1) is 0 Å². The lowest BCUT2D eigenvalue weighted by atomic mass is 10.1. The molecule has 0 aliphatic carbocycles. The SMILES string of the molecule is CCOc1ccc(NC(=NCCc2c(C)nn(CC)c2C)NC(=O)c2ccc(Cl)cc2)cc1. The molecule has 3 rings (SSSR count). The Labute approximate surface area is 199 Å². The molecule has 0 aliphatic heterocycles. The number of carbonyl (C=O) groups is 1. The maximum Gasteiger partial charge on any atom is 0.257 e. The number of anilines is 1. The zero-order valence-corrected chi connectivity index (χ0v) is 20.2. The highest BCUT2D eigenvalue weighted by molar-refractivity contribution is 6.30. The zero-order valence-electron chi connectivity index (χ0n) is 19.5. The maximum absolute atomic E-state index is 12.8. The van der Waals surface area contributed by atoms with E-state index in [0.717, 1.165) is 35.8 Å². The van der Waals surface area contributed by atoms with Crippen LogP contribution in [0.25, 0.3) is 0 Å². The number of aliphatic imine (C=N–C) groups is 1. The van der Waals surface area contributed by atoms with E-state index >= 15 is 0 Å². The molecule has 1 aromatic heterocycles. The predicted octanol–water partition coefficient (Wildman–Crippen LogP) is 5.01. The van der Waals surface area contributed by atoms with E-state index in [1.54, 1.807) is 24.3 Å². The second kappa shape index (κ2) is 11.5. The van der Waals surface area contributed by atoms with Crippen LogP contribution in [0, 0.1) is 13.8 Å². The van der Waals surface area contributed by atoms with Crippen molar-refractivity contribution in [2.45, 2.75) is 40.7 Å². The average molecular weight is 468 g/mol. The summed E-state index contributed by atoms with van der Waals surface area (Å²) < 4.78 is 7.49. The van der Waals surface area contributed by atoms with Gasteiger partial charge in [0.2, 0.25) is 5.96 Å². The Kier molecular flexibility index (Phi) is 8.49. The van der Waals surface area contributed by atoms with Crippen LogP contribution in [0.1, 0.15) is 41.2 Å². The fourth-order valence-corrected chi connectivity index (χ4v) is 3.64. The number of aryl methyl sites for hydroxylation is 2. The fourth-order valence-electron chi connectivity index (χ4n) is 3.51. The summed E-state index contributed by atoms with van der Waals surface area (Å²) in [5.41, 5.74) is 4.63. The van der Waals surface area contributed by atoms with Crippen LogP contribution >= 0.6 is 11.6 Å². The van der Waals surface area contributed by atoms with E-state index in [0.29, 0.717) is 29.7 Å². The lowest BCUT2D eigenvalue weighted by Gasteiger charge is -2.13. The van der Waals surface area contributed by atoms with Gasteiger partial charge in [-0.3, -0.25) is 19.8 Å². The van der Waals surface area contributed by atoms with Crippen molar-refractivity contribution in [3.63, 3.8) is 0 Å². The Morgan fingerprint density at radius 1 is 1.09 bits per heavy atom. The minimum Gasteiger partial charge on any atom is -0.494 e. The minimum absolute atomic E-state index is 0.269. The van der Waals surface area contributed by atoms with Crippen LogP contribution in [-0.4, -0.2) is 34.8 Å². The van der Waals surface area contributed by atoms with Crippen LogP contribution in [0.15, 0.2) is 53.5 Å². The number of nitrogens with zero attached hydrogens (tertiary/aromatic N) is 3. The van der Waals surface area contributed by atoms with E-state index in [1.165, 1.54) is 5.56 Å². The molecule has 0 saturated heterocycles. The first-order valence-electron chi connectivity index (χ1n) is 11.0. The van der Waals surface area contributed by atoms with E-state index in [4.69, 9.17) is 16.3 Å². The lowest BCUT2D eigenvalue weighted by molar-refractivity contribution is 0.0977. The normalized spacial score (nSPS) is 11.4. The van der Waals surface area contributed by atoms with Gasteiger partial charge >= 0.3 is 0 Å². The quantitative estimate of drug-likeness (QED) is 0.360. The number of guanidine groups is 1. The van der Waals surface area contributed by atoms with Crippen LogP contribution in [0.4, 0.5) is 5.69 Å². The van der Waals surface area contributed by atoms with Gasteiger partial charge in [0.05, 0.1) is 12.3 Å². The first-order chi connectivity index (χ1) is 15.9. The van der Waals surface area contributed by atoms with Crippen LogP contribution in [0.3, 0.4) is 0 Å². The molecule has 3 aromatic rings. The van der Waals surface area contributed by atoms with Crippen LogP contribution in [0.5, 0.6) is 5.75 Å². The molecule has 0 spiro atoms. The summed E-state index contributed by atoms with van der Waals surface area (Å²) in [6.45, 7) is 10.0. The Hall–Kier alpha value is -3.32. The van der Waals surface area contributed by atoms with E-state index in [9.17, 15) is 4.79 Å². The second-order valence-electron chi connectivity index (χ2n) is 7.49. The molecule has 8 heteroatoms. The maximum atomic E-state index is 12.8. The van der Waals surface area contributed by atoms with Gasteiger partial charge < -0.3 is 10.1 Å². The number of benzene rings is 2. The molecule has 1 heterocycles. The Morgan fingerprint density at radius 2 is 1.79 bits per heavy atom. The minimum atomic E-state index is -0.269. The monoisotopic (exact) mass is 467 g/mol. The number of rotatable bonds is 8. The molecule has 0 fully saturated rings. The van der Waals surface area contributed by atoms with Gasteiger partial charge in [0.1, 0.15) is 5.75 Å². The van der Waals surface area contributed by atoms with Crippen molar-refractivity contribution in [1.82, 2.24) is 15.1 Å². The summed E-state index contributed by atoms with van der Waals surface area (Å²) in [5, 5.41) is 11.2. The Morgan fingerprint density at radius 3 is 2.39 bits per heavy atom. The van der Waals surface area contributed by atoms with Crippen molar-refractivity contribution in [3.05, 3.63) is 76.1 Å². The van der Waals surface area contributed by atoms with Crippen molar-refractivity contribution >= 4 is 29.2 Å². The Bertz CT molecular complexity index is 1110. The van der Waals surface area contributed by atoms with Gasteiger partial charge in [-0.05, 0) is 88.2 Å². The van der Waals surface area contributed by atoms with Gasteiger partial charge in [-0.1, -0.05) is 11.6 Å². The number of halogens is 1. The molecule has 2 N–H and O–H groups in total. The number of amides is 1. The molecule has 2 aromatic carbocycles. The molecule has 0 saturated carbocycles. The number of ether oxygens (including phenoxy) is 1. The highest BCUT2D eigenvalue weighted by Crippen LogP contribution is 2.17. The smallest absolute Gasteiger partial charge is 0.257 e. The highest BCUT2D eigenvalue weighted by atomic mass is 35.5. The average Bonchev–Trinajstić information content (AvgIpc) is 3.08. The predicted molar refractivity (Wildman–Crippen MR) is 134 cm³/mol. The first-order valence-corrected chi connectivity index (χ1v) is 11.4. The number of hydrogen-bond acceptors (Lipinski definition) is 4. The molecule has 33 heavy (non-hydrogen) atoms. The van der Waals surface area contributed by atoms with Crippen molar-refractivity contribution in [1.29, 1.82) is 0 Å². The summed E-state index contributed by atoms with van der Waals surface area (Å²) >= 11 is 5.94. The summed E-state index contributed by atoms with van der Waals surface area (Å²) in [6.07, 6.45) is 0.725. The van der Waals surface area contributed by atoms with Crippen molar-refractivity contribution < 1.29 is 9.53 Å². The largest absolute Gasteiger partial charge is 0.494 e. The fraction of sp³-hybridized carbons (Fsp3) is 0.320. The molecular formula is C25H30ClN5O2. The van der Waals surface area contributed by atoms with Gasteiger partial charge in [0, 0.05) is 35.1 Å². The van der Waals surface area contributed by atoms with Crippen LogP contribution in [-0.2, 0) is 13.0 Å².